The van der Waals surface area contributed by atoms with Gasteiger partial charge in [-0.05, 0) is 78.6 Å². The van der Waals surface area contributed by atoms with E-state index in [0.29, 0.717) is 46.4 Å². The molecule has 1 aromatic heterocycles. The molecule has 0 saturated heterocycles. The number of carbonyl (C=O) groups excluding carboxylic acids is 3. The third-order valence-electron chi connectivity index (χ3n) is 7.36. The Morgan fingerprint density at radius 1 is 1.00 bits per heavy atom. The summed E-state index contributed by atoms with van der Waals surface area (Å²) in [6.07, 6.45) is 5.27. The van der Waals surface area contributed by atoms with Crippen LogP contribution in [0.4, 0.5) is 21.2 Å². The summed E-state index contributed by atoms with van der Waals surface area (Å²) in [6.45, 7) is 9.15. The van der Waals surface area contributed by atoms with Crippen molar-refractivity contribution in [3.63, 3.8) is 0 Å². The lowest BCUT2D eigenvalue weighted by Gasteiger charge is -2.27. The molecule has 0 atom stereocenters. The number of hydrogen-bond donors (Lipinski definition) is 3. The van der Waals surface area contributed by atoms with Gasteiger partial charge in [0.15, 0.2) is 0 Å². The Labute approximate surface area is 251 Å². The van der Waals surface area contributed by atoms with E-state index in [1.54, 1.807) is 24.3 Å². The Kier molecular flexibility index (Phi) is 10.6. The Bertz CT molecular complexity index is 1350. The predicted octanol–water partition coefficient (Wildman–Crippen LogP) is 7.64. The van der Waals surface area contributed by atoms with E-state index in [0.717, 1.165) is 55.8 Å². The lowest BCUT2D eigenvalue weighted by atomic mass is 9.86. The molecule has 0 aliphatic carbocycles. The standard InChI is InChI=1S/C32H39ClN4O3S/c1-32(2,3)23-10-7-22(8-11-23)9-16-26(39)6-4-5-18-37-19-17-27-28(20-37)41-30(29(27)34-21-38)36-31(40)35-25-14-12-24(33)13-15-25/h7-8,10-15,21H,4-6,9,16-20H2,1-3H3,(H,34,38)(H2,35,36,40). The number of ketones is 1. The smallest absolute Gasteiger partial charge is 0.324 e. The second-order valence-corrected chi connectivity index (χ2v) is 13.1. The lowest BCUT2D eigenvalue weighted by molar-refractivity contribution is -0.119. The number of halogens is 1. The Morgan fingerprint density at radius 2 is 1.73 bits per heavy atom. The number of urea groups is 1. The fourth-order valence-corrected chi connectivity index (χ4v) is 6.36. The summed E-state index contributed by atoms with van der Waals surface area (Å²) in [6, 6.07) is 15.1. The zero-order valence-corrected chi connectivity index (χ0v) is 25.6. The molecule has 41 heavy (non-hydrogen) atoms. The average molecular weight is 595 g/mol. The van der Waals surface area contributed by atoms with Crippen LogP contribution in [0.1, 0.15) is 68.0 Å². The number of aryl methyl sites for hydroxylation is 1. The first-order valence-corrected chi connectivity index (χ1v) is 15.3. The van der Waals surface area contributed by atoms with Gasteiger partial charge in [-0.25, -0.2) is 4.79 Å². The molecule has 0 fully saturated rings. The largest absolute Gasteiger partial charge is 0.326 e. The van der Waals surface area contributed by atoms with E-state index >= 15 is 0 Å². The van der Waals surface area contributed by atoms with Crippen LogP contribution in [0.15, 0.2) is 48.5 Å². The summed E-state index contributed by atoms with van der Waals surface area (Å²) in [4.78, 5) is 39.9. The SMILES string of the molecule is CC(C)(C)c1ccc(CCC(=O)CCCCN2CCc3c(sc(NC(=O)Nc4ccc(Cl)cc4)c3NC=O)C2)cc1. The van der Waals surface area contributed by atoms with Crippen molar-refractivity contribution in [1.82, 2.24) is 4.90 Å². The zero-order chi connectivity index (χ0) is 29.4. The molecule has 3 aromatic rings. The van der Waals surface area contributed by atoms with Crippen LogP contribution in [0.5, 0.6) is 0 Å². The molecular formula is C32H39ClN4O3S. The number of unbranched alkanes of at least 4 members (excludes halogenated alkanes) is 1. The van der Waals surface area contributed by atoms with E-state index in [1.165, 1.54) is 22.5 Å². The lowest BCUT2D eigenvalue weighted by Crippen LogP contribution is -2.30. The molecule has 0 unspecified atom stereocenters. The van der Waals surface area contributed by atoms with Gasteiger partial charge in [0, 0.05) is 41.5 Å². The van der Waals surface area contributed by atoms with Gasteiger partial charge in [0.05, 0.1) is 5.69 Å². The maximum Gasteiger partial charge on any atom is 0.324 e. The van der Waals surface area contributed by atoms with Crippen molar-refractivity contribution in [2.24, 2.45) is 0 Å². The van der Waals surface area contributed by atoms with Crippen molar-refractivity contribution in [3.8, 4) is 0 Å². The predicted molar refractivity (Wildman–Crippen MR) is 169 cm³/mol. The first-order chi connectivity index (χ1) is 19.6. The first-order valence-electron chi connectivity index (χ1n) is 14.1. The van der Waals surface area contributed by atoms with Crippen LogP contribution in [0.2, 0.25) is 5.02 Å². The quantitative estimate of drug-likeness (QED) is 0.148. The topological polar surface area (TPSA) is 90.5 Å². The van der Waals surface area contributed by atoms with Gasteiger partial charge in [-0.3, -0.25) is 19.8 Å². The summed E-state index contributed by atoms with van der Waals surface area (Å²) >= 11 is 7.41. The van der Waals surface area contributed by atoms with E-state index < -0.39 is 0 Å². The third kappa shape index (κ3) is 8.89. The molecule has 7 nitrogen and oxygen atoms in total. The number of fused-ring (bicyclic) bond motifs is 1. The van der Waals surface area contributed by atoms with Crippen LogP contribution in [0, 0.1) is 0 Å². The van der Waals surface area contributed by atoms with Crippen molar-refractivity contribution in [2.75, 3.05) is 29.0 Å². The summed E-state index contributed by atoms with van der Waals surface area (Å²) in [5.74, 6) is 0.321. The number of anilines is 3. The number of hydrogen-bond acceptors (Lipinski definition) is 5. The van der Waals surface area contributed by atoms with Crippen molar-refractivity contribution in [2.45, 2.75) is 71.3 Å². The minimum Gasteiger partial charge on any atom is -0.326 e. The number of thiophene rings is 1. The molecular weight excluding hydrogens is 556 g/mol. The van der Waals surface area contributed by atoms with E-state index in [4.69, 9.17) is 11.6 Å². The molecule has 3 amide bonds. The maximum atomic E-state index is 12.6. The van der Waals surface area contributed by atoms with E-state index in [9.17, 15) is 14.4 Å². The summed E-state index contributed by atoms with van der Waals surface area (Å²) < 4.78 is 0. The Hall–Kier alpha value is -3.20. The number of carbonyl (C=O) groups is 3. The fraction of sp³-hybridized carbons (Fsp3) is 0.406. The normalized spacial score (nSPS) is 13.4. The van der Waals surface area contributed by atoms with Crippen LogP contribution in [0.25, 0.3) is 0 Å². The molecule has 0 saturated carbocycles. The molecule has 2 heterocycles. The van der Waals surface area contributed by atoms with Crippen LogP contribution < -0.4 is 16.0 Å². The van der Waals surface area contributed by atoms with Gasteiger partial charge in [0.2, 0.25) is 6.41 Å². The number of amides is 3. The molecule has 1 aliphatic rings. The van der Waals surface area contributed by atoms with Gasteiger partial charge in [-0.1, -0.05) is 56.6 Å². The molecule has 4 rings (SSSR count). The molecule has 218 valence electrons. The highest BCUT2D eigenvalue weighted by molar-refractivity contribution is 7.17. The molecule has 9 heteroatoms. The second-order valence-electron chi connectivity index (χ2n) is 11.5. The average Bonchev–Trinajstić information content (AvgIpc) is 3.27. The summed E-state index contributed by atoms with van der Waals surface area (Å²) in [5.41, 5.74) is 5.03. The number of nitrogens with one attached hydrogen (secondary N) is 3. The Morgan fingerprint density at radius 3 is 2.41 bits per heavy atom. The number of nitrogens with zero attached hydrogens (tertiary/aromatic N) is 1. The number of Topliss-reactive ketones (excluding diaryl/α,β-unsaturated/α-hetero) is 1. The van der Waals surface area contributed by atoms with Crippen LogP contribution in [0.3, 0.4) is 0 Å². The molecule has 0 radical (unpaired) electrons. The van der Waals surface area contributed by atoms with Crippen molar-refractivity contribution >= 4 is 57.5 Å². The highest BCUT2D eigenvalue weighted by Crippen LogP contribution is 2.41. The number of benzene rings is 2. The highest BCUT2D eigenvalue weighted by atomic mass is 35.5. The molecule has 3 N–H and O–H groups in total. The minimum atomic E-state index is -0.386. The monoisotopic (exact) mass is 594 g/mol. The highest BCUT2D eigenvalue weighted by Gasteiger charge is 2.25. The second kappa shape index (κ2) is 14.1. The van der Waals surface area contributed by atoms with Crippen LogP contribution in [-0.4, -0.2) is 36.2 Å². The molecule has 0 bridgehead atoms. The first kappa shape index (κ1) is 30.8. The van der Waals surface area contributed by atoms with Gasteiger partial charge < -0.3 is 10.6 Å². The van der Waals surface area contributed by atoms with Gasteiger partial charge in [0.1, 0.15) is 10.8 Å². The van der Waals surface area contributed by atoms with Crippen molar-refractivity contribution in [3.05, 3.63) is 75.1 Å². The third-order valence-corrected chi connectivity index (χ3v) is 8.74. The van der Waals surface area contributed by atoms with Gasteiger partial charge in [-0.15, -0.1) is 11.3 Å². The summed E-state index contributed by atoms with van der Waals surface area (Å²) in [7, 11) is 0. The molecule has 2 aromatic carbocycles. The van der Waals surface area contributed by atoms with E-state index in [1.807, 2.05) is 0 Å². The van der Waals surface area contributed by atoms with Crippen molar-refractivity contribution < 1.29 is 14.4 Å². The minimum absolute atomic E-state index is 0.136. The molecule has 0 spiro atoms. The van der Waals surface area contributed by atoms with Crippen LogP contribution >= 0.6 is 22.9 Å². The van der Waals surface area contributed by atoms with Crippen molar-refractivity contribution in [1.29, 1.82) is 0 Å². The summed E-state index contributed by atoms with van der Waals surface area (Å²) in [5, 5.41) is 9.67. The Balaban J connectivity index is 1.22. The van der Waals surface area contributed by atoms with Crippen LogP contribution in [-0.2, 0) is 34.4 Å². The van der Waals surface area contributed by atoms with E-state index in [2.05, 4.69) is 65.9 Å². The van der Waals surface area contributed by atoms with E-state index in [-0.39, 0.29) is 11.4 Å². The number of rotatable bonds is 12. The zero-order valence-electron chi connectivity index (χ0n) is 24.0. The van der Waals surface area contributed by atoms with Gasteiger partial charge in [0.25, 0.3) is 0 Å². The molecule has 1 aliphatic heterocycles. The fourth-order valence-electron chi connectivity index (χ4n) is 4.98. The van der Waals surface area contributed by atoms with Gasteiger partial charge >= 0.3 is 6.03 Å². The van der Waals surface area contributed by atoms with Gasteiger partial charge in [-0.2, -0.15) is 0 Å². The maximum absolute atomic E-state index is 12.6.